The molecule has 0 spiro atoms. The molecule has 0 aliphatic carbocycles. The van der Waals surface area contributed by atoms with E-state index >= 15 is 0 Å². The quantitative estimate of drug-likeness (QED) is 0.312. The molecule has 0 saturated heterocycles. The van der Waals surface area contributed by atoms with E-state index in [-0.39, 0.29) is 11.3 Å². The van der Waals surface area contributed by atoms with Gasteiger partial charge in [0.15, 0.2) is 5.13 Å². The van der Waals surface area contributed by atoms with E-state index in [4.69, 9.17) is 0 Å². The van der Waals surface area contributed by atoms with E-state index in [0.29, 0.717) is 16.4 Å². The molecular weight excluding hydrogens is 414 g/mol. The number of nitrogens with one attached hydrogen (secondary N) is 2. The summed E-state index contributed by atoms with van der Waals surface area (Å²) in [7, 11) is 0. The van der Waals surface area contributed by atoms with E-state index in [2.05, 4.69) is 20.6 Å². The van der Waals surface area contributed by atoms with Gasteiger partial charge in [0.05, 0.1) is 10.6 Å². The Balaban J connectivity index is 1.49. The van der Waals surface area contributed by atoms with E-state index < -0.39 is 10.8 Å². The highest BCUT2D eigenvalue weighted by molar-refractivity contribution is 7.14. The van der Waals surface area contributed by atoms with Crippen molar-refractivity contribution in [3.63, 3.8) is 0 Å². The second-order valence-electron chi connectivity index (χ2n) is 6.64. The normalized spacial score (nSPS) is 10.5. The monoisotopic (exact) mass is 431 g/mol. The van der Waals surface area contributed by atoms with Crippen LogP contribution in [0.2, 0.25) is 0 Å². The summed E-state index contributed by atoms with van der Waals surface area (Å²) in [6.45, 7) is 1.56. The van der Waals surface area contributed by atoms with Gasteiger partial charge in [0.1, 0.15) is 0 Å². The molecule has 0 radical (unpaired) electrons. The maximum Gasteiger partial charge on any atom is 0.273 e. The molecule has 0 fully saturated rings. The Hall–Kier alpha value is -4.11. The second-order valence-corrected chi connectivity index (χ2v) is 7.50. The van der Waals surface area contributed by atoms with Crippen molar-refractivity contribution in [3.8, 4) is 11.3 Å². The first kappa shape index (κ1) is 20.2. The lowest BCUT2D eigenvalue weighted by molar-refractivity contribution is -0.385. The number of carbonyl (C=O) groups excluding carboxylic acids is 1. The van der Waals surface area contributed by atoms with Crippen molar-refractivity contribution in [3.05, 3.63) is 93.6 Å². The summed E-state index contributed by atoms with van der Waals surface area (Å²) in [6.07, 6.45) is 3.44. The lowest BCUT2D eigenvalue weighted by Crippen LogP contribution is -2.14. The molecule has 0 bridgehead atoms. The van der Waals surface area contributed by atoms with Crippen molar-refractivity contribution in [2.75, 3.05) is 10.6 Å². The van der Waals surface area contributed by atoms with E-state index in [0.717, 1.165) is 16.9 Å². The smallest absolute Gasteiger partial charge is 0.273 e. The number of aromatic nitrogens is 2. The number of hydrogen-bond acceptors (Lipinski definition) is 7. The fourth-order valence-corrected chi connectivity index (χ4v) is 3.79. The molecule has 2 aromatic heterocycles. The third-order valence-corrected chi connectivity index (χ3v) is 5.36. The van der Waals surface area contributed by atoms with Crippen LogP contribution in [0.5, 0.6) is 0 Å². The summed E-state index contributed by atoms with van der Waals surface area (Å²) in [4.78, 5) is 31.9. The fourth-order valence-electron chi connectivity index (χ4n) is 3.05. The minimum atomic E-state index is -0.495. The number of amides is 1. The zero-order valence-electron chi connectivity index (χ0n) is 16.4. The van der Waals surface area contributed by atoms with Crippen LogP contribution in [0.1, 0.15) is 15.9 Å². The highest BCUT2D eigenvalue weighted by atomic mass is 32.1. The topological polar surface area (TPSA) is 110 Å². The van der Waals surface area contributed by atoms with Crippen molar-refractivity contribution in [2.45, 2.75) is 6.92 Å². The molecule has 2 N–H and O–H groups in total. The summed E-state index contributed by atoms with van der Waals surface area (Å²) in [5.74, 6) is -0.410. The van der Waals surface area contributed by atoms with Gasteiger partial charge in [0, 0.05) is 51.9 Å². The summed E-state index contributed by atoms with van der Waals surface area (Å²) < 4.78 is 0. The Bertz CT molecular complexity index is 1260. The van der Waals surface area contributed by atoms with Crippen LogP contribution in [0.3, 0.4) is 0 Å². The van der Waals surface area contributed by atoms with Gasteiger partial charge in [-0.1, -0.05) is 12.1 Å². The minimum Gasteiger partial charge on any atom is -0.331 e. The second kappa shape index (κ2) is 8.72. The van der Waals surface area contributed by atoms with Crippen LogP contribution < -0.4 is 10.6 Å². The molecular formula is C22H17N5O3S. The first-order valence-corrected chi connectivity index (χ1v) is 10.2. The van der Waals surface area contributed by atoms with Gasteiger partial charge in [0.25, 0.3) is 11.6 Å². The number of nitro groups is 1. The van der Waals surface area contributed by atoms with Crippen LogP contribution in [-0.2, 0) is 0 Å². The van der Waals surface area contributed by atoms with Crippen LogP contribution in [0.4, 0.5) is 22.2 Å². The van der Waals surface area contributed by atoms with E-state index in [9.17, 15) is 14.9 Å². The van der Waals surface area contributed by atoms with Crippen LogP contribution in [0.15, 0.2) is 72.4 Å². The SMILES string of the molecule is Cc1c(C(=O)Nc2cccc(Nc3nc(-c4ccncc4)cs3)c2)cccc1[N+](=O)[O-]. The average Bonchev–Trinajstić information content (AvgIpc) is 3.23. The zero-order chi connectivity index (χ0) is 21.8. The van der Waals surface area contributed by atoms with Crippen LogP contribution in [0, 0.1) is 17.0 Å². The van der Waals surface area contributed by atoms with Gasteiger partial charge in [-0.05, 0) is 43.3 Å². The molecule has 4 rings (SSSR count). The lowest BCUT2D eigenvalue weighted by Gasteiger charge is -2.10. The summed E-state index contributed by atoms with van der Waals surface area (Å²) >= 11 is 1.47. The molecule has 2 heterocycles. The third kappa shape index (κ3) is 4.57. The van der Waals surface area contributed by atoms with Gasteiger partial charge < -0.3 is 10.6 Å². The number of anilines is 3. The molecule has 8 nitrogen and oxygen atoms in total. The predicted octanol–water partition coefficient (Wildman–Crippen LogP) is 5.42. The fraction of sp³-hybridized carbons (Fsp3) is 0.0455. The summed E-state index contributed by atoms with van der Waals surface area (Å²) in [5, 5.41) is 19.8. The zero-order valence-corrected chi connectivity index (χ0v) is 17.2. The number of pyridine rings is 1. The van der Waals surface area contributed by atoms with Crippen LogP contribution in [0.25, 0.3) is 11.3 Å². The highest BCUT2D eigenvalue weighted by Crippen LogP contribution is 2.28. The molecule has 0 aliphatic heterocycles. The Morgan fingerprint density at radius 1 is 1.06 bits per heavy atom. The first-order valence-electron chi connectivity index (χ1n) is 9.29. The van der Waals surface area contributed by atoms with Gasteiger partial charge in [-0.25, -0.2) is 4.98 Å². The molecule has 1 amide bonds. The first-order chi connectivity index (χ1) is 15.0. The van der Waals surface area contributed by atoms with Crippen LogP contribution >= 0.6 is 11.3 Å². The van der Waals surface area contributed by atoms with Crippen LogP contribution in [-0.4, -0.2) is 20.8 Å². The van der Waals surface area contributed by atoms with Gasteiger partial charge in [-0.3, -0.25) is 19.9 Å². The van der Waals surface area contributed by atoms with E-state index in [1.165, 1.54) is 23.5 Å². The number of hydrogen-bond donors (Lipinski definition) is 2. The molecule has 0 unspecified atom stereocenters. The van der Waals surface area contributed by atoms with Crippen molar-refractivity contribution in [1.29, 1.82) is 0 Å². The number of nitro benzene ring substituents is 1. The summed E-state index contributed by atoms with van der Waals surface area (Å²) in [6, 6.07) is 15.4. The maximum atomic E-state index is 12.7. The van der Waals surface area contributed by atoms with Crippen molar-refractivity contribution < 1.29 is 9.72 Å². The van der Waals surface area contributed by atoms with Gasteiger partial charge in [-0.2, -0.15) is 0 Å². The van der Waals surface area contributed by atoms with E-state index in [1.807, 2.05) is 23.6 Å². The Kier molecular flexibility index (Phi) is 5.67. The Labute approximate surface area is 181 Å². The number of rotatable bonds is 6. The number of nitrogens with zero attached hydrogens (tertiary/aromatic N) is 3. The Morgan fingerprint density at radius 3 is 2.58 bits per heavy atom. The molecule has 0 atom stereocenters. The molecule has 4 aromatic rings. The lowest BCUT2D eigenvalue weighted by atomic mass is 10.1. The third-order valence-electron chi connectivity index (χ3n) is 4.60. The maximum absolute atomic E-state index is 12.7. The number of benzene rings is 2. The van der Waals surface area contributed by atoms with Gasteiger partial charge >= 0.3 is 0 Å². The van der Waals surface area contributed by atoms with E-state index in [1.54, 1.807) is 43.6 Å². The largest absolute Gasteiger partial charge is 0.331 e. The highest BCUT2D eigenvalue weighted by Gasteiger charge is 2.18. The van der Waals surface area contributed by atoms with Gasteiger partial charge in [0.2, 0.25) is 0 Å². The molecule has 0 saturated carbocycles. The molecule has 9 heteroatoms. The predicted molar refractivity (Wildman–Crippen MR) is 121 cm³/mol. The standard InChI is InChI=1S/C22H17N5O3S/c1-14-18(6-3-7-20(14)27(29)30)21(28)24-16-4-2-5-17(12-16)25-22-26-19(13-31-22)15-8-10-23-11-9-15/h2-13H,1H3,(H,24,28)(H,25,26). The minimum absolute atomic E-state index is 0.0863. The van der Waals surface area contributed by atoms with Crippen molar-refractivity contribution in [1.82, 2.24) is 9.97 Å². The van der Waals surface area contributed by atoms with Gasteiger partial charge in [-0.15, -0.1) is 11.3 Å². The summed E-state index contributed by atoms with van der Waals surface area (Å²) in [5.41, 5.74) is 3.64. The molecule has 2 aromatic carbocycles. The Morgan fingerprint density at radius 2 is 1.81 bits per heavy atom. The van der Waals surface area contributed by atoms with Crippen molar-refractivity contribution in [2.24, 2.45) is 0 Å². The molecule has 31 heavy (non-hydrogen) atoms. The average molecular weight is 431 g/mol. The van der Waals surface area contributed by atoms with Crippen molar-refractivity contribution >= 4 is 39.4 Å². The molecule has 0 aliphatic rings. The number of thiazole rings is 1. The molecule has 154 valence electrons. The number of carbonyl (C=O) groups is 1.